The van der Waals surface area contributed by atoms with E-state index < -0.39 is 0 Å². The second kappa shape index (κ2) is 10.4. The molecule has 1 saturated heterocycles. The van der Waals surface area contributed by atoms with E-state index in [4.69, 9.17) is 20.0 Å². The van der Waals surface area contributed by atoms with Crippen molar-refractivity contribution in [3.63, 3.8) is 0 Å². The lowest BCUT2D eigenvalue weighted by atomic mass is 10.1. The molecular weight excluding hydrogens is 456 g/mol. The predicted molar refractivity (Wildman–Crippen MR) is 139 cm³/mol. The van der Waals surface area contributed by atoms with Crippen LogP contribution in [-0.2, 0) is 6.54 Å². The fourth-order valence-corrected chi connectivity index (χ4v) is 4.19. The number of likely N-dealkylation sites (tertiary alicyclic amines) is 1. The maximum Gasteiger partial charge on any atom is 0.230 e. The normalized spacial score (nSPS) is 14.9. The molecule has 36 heavy (non-hydrogen) atoms. The van der Waals surface area contributed by atoms with Crippen LogP contribution in [-0.4, -0.2) is 56.5 Å². The molecule has 1 aliphatic rings. The third-order valence-corrected chi connectivity index (χ3v) is 6.37. The zero-order valence-corrected chi connectivity index (χ0v) is 20.9. The van der Waals surface area contributed by atoms with Crippen molar-refractivity contribution in [2.45, 2.75) is 45.3 Å². The number of rotatable bonds is 8. The summed E-state index contributed by atoms with van der Waals surface area (Å²) in [5.74, 6) is 2.06. The van der Waals surface area contributed by atoms with Crippen molar-refractivity contribution in [1.29, 1.82) is 0 Å². The summed E-state index contributed by atoms with van der Waals surface area (Å²) in [5.41, 5.74) is 10.5. The minimum absolute atomic E-state index is 0.0494. The van der Waals surface area contributed by atoms with Crippen LogP contribution in [0.15, 0.2) is 47.0 Å². The van der Waals surface area contributed by atoms with Crippen molar-refractivity contribution >= 4 is 11.8 Å². The van der Waals surface area contributed by atoms with E-state index in [1.165, 1.54) is 0 Å². The molecule has 10 nitrogen and oxygen atoms in total. The van der Waals surface area contributed by atoms with Crippen LogP contribution < -0.4 is 15.8 Å². The fourth-order valence-electron chi connectivity index (χ4n) is 4.19. The minimum atomic E-state index is 0.0494. The molecule has 0 saturated carbocycles. The summed E-state index contributed by atoms with van der Waals surface area (Å²) in [6.07, 6.45) is 1.88. The number of anilines is 2. The summed E-state index contributed by atoms with van der Waals surface area (Å²) in [6, 6.07) is 13.8. The van der Waals surface area contributed by atoms with Gasteiger partial charge < -0.3 is 25.2 Å². The molecule has 1 aliphatic heterocycles. The molecule has 5 rings (SSSR count). The first-order valence-electron chi connectivity index (χ1n) is 12.3. The first kappa shape index (κ1) is 23.8. The molecule has 3 aromatic heterocycles. The Hall–Kier alpha value is -3.92. The van der Waals surface area contributed by atoms with Crippen LogP contribution in [0.4, 0.5) is 11.8 Å². The van der Waals surface area contributed by atoms with Crippen LogP contribution in [0.2, 0.25) is 0 Å². The van der Waals surface area contributed by atoms with Gasteiger partial charge >= 0.3 is 0 Å². The van der Waals surface area contributed by atoms with E-state index in [1.807, 2.05) is 42.5 Å². The highest BCUT2D eigenvalue weighted by Crippen LogP contribution is 2.35. The van der Waals surface area contributed by atoms with Crippen molar-refractivity contribution in [2.24, 2.45) is 0 Å². The third-order valence-electron chi connectivity index (χ3n) is 6.37. The maximum absolute atomic E-state index is 6.45. The molecule has 4 heterocycles. The fraction of sp³-hybridized carbons (Fsp3) is 0.385. The van der Waals surface area contributed by atoms with E-state index in [-0.39, 0.29) is 6.10 Å². The molecule has 0 bridgehead atoms. The summed E-state index contributed by atoms with van der Waals surface area (Å²) >= 11 is 0. The summed E-state index contributed by atoms with van der Waals surface area (Å²) in [5, 5.41) is 14.9. The van der Waals surface area contributed by atoms with E-state index >= 15 is 0 Å². The van der Waals surface area contributed by atoms with E-state index in [2.05, 4.69) is 51.4 Å². The van der Waals surface area contributed by atoms with E-state index in [9.17, 15) is 0 Å². The van der Waals surface area contributed by atoms with Crippen LogP contribution in [0.3, 0.4) is 0 Å². The van der Waals surface area contributed by atoms with Gasteiger partial charge in [-0.3, -0.25) is 5.10 Å². The SMILES string of the molecule is CC(C)c1cc(-c2c(N)nc(NCc3cc(-c4ccccc4)no3)nc2OC2CCN(C)CC2)n[nH]1. The zero-order valence-electron chi connectivity index (χ0n) is 20.9. The highest BCUT2D eigenvalue weighted by Gasteiger charge is 2.24. The Morgan fingerprint density at radius 1 is 1.14 bits per heavy atom. The lowest BCUT2D eigenvalue weighted by Crippen LogP contribution is -2.36. The second-order valence-corrected chi connectivity index (χ2v) is 9.49. The predicted octanol–water partition coefficient (Wildman–Crippen LogP) is 4.31. The molecule has 10 heteroatoms. The van der Waals surface area contributed by atoms with Gasteiger partial charge in [0.15, 0.2) is 5.76 Å². The molecule has 1 aromatic carbocycles. The number of aromatic amines is 1. The van der Waals surface area contributed by atoms with E-state index in [0.29, 0.717) is 47.1 Å². The lowest BCUT2D eigenvalue weighted by molar-refractivity contribution is 0.110. The minimum Gasteiger partial charge on any atom is -0.474 e. The van der Waals surface area contributed by atoms with Crippen LogP contribution in [0.25, 0.3) is 22.5 Å². The zero-order chi connectivity index (χ0) is 25.1. The standard InChI is InChI=1S/C26H32N8O2/c1-16(2)20-14-22(32-31-20)23-24(27)29-26(30-25(23)35-18-9-11-34(3)12-10-18)28-15-19-13-21(33-36-19)17-7-5-4-6-8-17/h4-8,13-14,16,18H,9-12,15H2,1-3H3,(H,31,32)(H3,27,28,29,30). The number of hydrogen-bond donors (Lipinski definition) is 3. The quantitative estimate of drug-likeness (QED) is 0.332. The van der Waals surface area contributed by atoms with Crippen molar-refractivity contribution < 1.29 is 9.26 Å². The largest absolute Gasteiger partial charge is 0.474 e. The summed E-state index contributed by atoms with van der Waals surface area (Å²) in [4.78, 5) is 11.5. The number of piperidine rings is 1. The van der Waals surface area contributed by atoms with Crippen LogP contribution >= 0.6 is 0 Å². The number of ether oxygens (including phenoxy) is 1. The molecular formula is C26H32N8O2. The van der Waals surface area contributed by atoms with Gasteiger partial charge in [0.2, 0.25) is 11.8 Å². The number of H-pyrrole nitrogens is 1. The second-order valence-electron chi connectivity index (χ2n) is 9.49. The van der Waals surface area contributed by atoms with Gasteiger partial charge in [-0.2, -0.15) is 15.1 Å². The molecule has 0 spiro atoms. The Kier molecular flexibility index (Phi) is 6.86. The van der Waals surface area contributed by atoms with Gasteiger partial charge in [-0.05, 0) is 31.9 Å². The van der Waals surface area contributed by atoms with Crippen LogP contribution in [0, 0.1) is 0 Å². The van der Waals surface area contributed by atoms with Gasteiger partial charge in [0.1, 0.15) is 28.9 Å². The van der Waals surface area contributed by atoms with Gasteiger partial charge in [0.25, 0.3) is 0 Å². The van der Waals surface area contributed by atoms with Crippen molar-refractivity contribution in [3.05, 3.63) is 53.9 Å². The molecule has 0 unspecified atom stereocenters. The first-order valence-corrected chi connectivity index (χ1v) is 12.3. The van der Waals surface area contributed by atoms with Gasteiger partial charge in [0.05, 0.1) is 6.54 Å². The van der Waals surface area contributed by atoms with Gasteiger partial charge in [-0.15, -0.1) is 0 Å². The van der Waals surface area contributed by atoms with E-state index in [0.717, 1.165) is 42.9 Å². The highest BCUT2D eigenvalue weighted by atomic mass is 16.5. The summed E-state index contributed by atoms with van der Waals surface area (Å²) < 4.78 is 11.9. The molecule has 0 atom stereocenters. The Morgan fingerprint density at radius 2 is 1.92 bits per heavy atom. The molecule has 188 valence electrons. The Balaban J connectivity index is 1.39. The number of nitrogens with zero attached hydrogens (tertiary/aromatic N) is 5. The molecule has 4 N–H and O–H groups in total. The highest BCUT2D eigenvalue weighted by molar-refractivity contribution is 5.77. The molecule has 1 fully saturated rings. The molecule has 0 aliphatic carbocycles. The first-order chi connectivity index (χ1) is 17.5. The van der Waals surface area contributed by atoms with Gasteiger partial charge in [-0.25, -0.2) is 0 Å². The van der Waals surface area contributed by atoms with Gasteiger partial charge in [-0.1, -0.05) is 49.3 Å². The average Bonchev–Trinajstić information content (AvgIpc) is 3.55. The number of aromatic nitrogens is 5. The summed E-state index contributed by atoms with van der Waals surface area (Å²) in [7, 11) is 2.12. The number of nitrogen functional groups attached to an aromatic ring is 1. The summed E-state index contributed by atoms with van der Waals surface area (Å²) in [6.45, 7) is 6.51. The monoisotopic (exact) mass is 488 g/mol. The molecule has 4 aromatic rings. The Labute approximate surface area is 210 Å². The van der Waals surface area contributed by atoms with Crippen molar-refractivity contribution in [2.75, 3.05) is 31.2 Å². The van der Waals surface area contributed by atoms with Crippen LogP contribution in [0.5, 0.6) is 5.88 Å². The van der Waals surface area contributed by atoms with Crippen molar-refractivity contribution in [1.82, 2.24) is 30.2 Å². The smallest absolute Gasteiger partial charge is 0.230 e. The number of benzene rings is 1. The van der Waals surface area contributed by atoms with Crippen molar-refractivity contribution in [3.8, 4) is 28.4 Å². The Bertz CT molecular complexity index is 1290. The van der Waals surface area contributed by atoms with Gasteiger partial charge in [0, 0.05) is 30.4 Å². The lowest BCUT2D eigenvalue weighted by Gasteiger charge is -2.29. The Morgan fingerprint density at radius 3 is 2.64 bits per heavy atom. The average molecular weight is 489 g/mol. The molecule has 0 amide bonds. The topological polar surface area (TPSA) is 131 Å². The van der Waals surface area contributed by atoms with Crippen LogP contribution in [0.1, 0.15) is 44.1 Å². The number of nitrogens with one attached hydrogen (secondary N) is 2. The third kappa shape index (κ3) is 5.33. The molecule has 0 radical (unpaired) electrons. The number of hydrogen-bond acceptors (Lipinski definition) is 9. The van der Waals surface area contributed by atoms with E-state index in [1.54, 1.807) is 0 Å². The maximum atomic E-state index is 6.45. The number of nitrogens with two attached hydrogens (primary N) is 1.